The van der Waals surface area contributed by atoms with Crippen molar-refractivity contribution < 1.29 is 54.1 Å². The molecule has 1 aromatic heterocycles. The molecule has 0 bridgehead atoms. The molecular weight excluding hydrogens is 584 g/mol. The summed E-state index contributed by atoms with van der Waals surface area (Å²) in [5.41, 5.74) is -3.84. The monoisotopic (exact) mass is 605 g/mol. The van der Waals surface area contributed by atoms with Gasteiger partial charge in [0.1, 0.15) is 17.3 Å². The zero-order valence-corrected chi connectivity index (χ0v) is 22.0. The number of rotatable bonds is 6. The maximum absolute atomic E-state index is 13.8. The van der Waals surface area contributed by atoms with E-state index in [0.29, 0.717) is 6.07 Å². The fourth-order valence-electron chi connectivity index (χ4n) is 3.94. The molecule has 1 aliphatic heterocycles. The molecule has 0 aliphatic carbocycles. The number of halogens is 6. The van der Waals surface area contributed by atoms with E-state index in [1.807, 2.05) is 0 Å². The quantitative estimate of drug-likeness (QED) is 0.290. The Hall–Kier alpha value is -4.05. The minimum Gasteiger partial charge on any atom is -0.464 e. The van der Waals surface area contributed by atoms with Crippen LogP contribution in [0.2, 0.25) is 0 Å². The van der Waals surface area contributed by atoms with E-state index in [0.717, 1.165) is 47.6 Å². The van der Waals surface area contributed by atoms with Crippen LogP contribution in [0.25, 0.3) is 0 Å². The molecule has 16 heteroatoms. The molecule has 0 fully saturated rings. The van der Waals surface area contributed by atoms with Crippen LogP contribution in [0, 0.1) is 0 Å². The van der Waals surface area contributed by atoms with Crippen molar-refractivity contribution >= 4 is 33.2 Å². The van der Waals surface area contributed by atoms with E-state index in [4.69, 9.17) is 4.74 Å². The number of nitrogens with zero attached hydrogens (tertiary/aromatic N) is 2. The summed E-state index contributed by atoms with van der Waals surface area (Å²) in [7, 11) is -4.62. The smallest absolute Gasteiger partial charge is 0.464 e. The largest absolute Gasteiger partial charge is 0.573 e. The fourth-order valence-corrected chi connectivity index (χ4v) is 5.39. The molecule has 41 heavy (non-hydrogen) atoms. The van der Waals surface area contributed by atoms with Crippen LogP contribution in [0.5, 0.6) is 5.75 Å². The summed E-state index contributed by atoms with van der Waals surface area (Å²) in [6.45, 7) is 1.97. The van der Waals surface area contributed by atoms with Crippen LogP contribution in [0.1, 0.15) is 30.7 Å². The van der Waals surface area contributed by atoms with Gasteiger partial charge in [0.25, 0.3) is 10.0 Å². The molecule has 0 amide bonds. The van der Waals surface area contributed by atoms with Crippen molar-refractivity contribution in [3.05, 3.63) is 71.4 Å². The van der Waals surface area contributed by atoms with E-state index < -0.39 is 57.0 Å². The lowest BCUT2D eigenvalue weighted by Crippen LogP contribution is -2.35. The van der Waals surface area contributed by atoms with Gasteiger partial charge in [-0.15, -0.1) is 13.2 Å². The lowest BCUT2D eigenvalue weighted by atomic mass is 9.95. The molecular formula is C25H21F6N3O6S. The highest BCUT2D eigenvalue weighted by Gasteiger charge is 2.39. The summed E-state index contributed by atoms with van der Waals surface area (Å²) in [4.78, 5) is 15.5. The molecule has 3 aromatic rings. The predicted octanol–water partition coefficient (Wildman–Crippen LogP) is 5.22. The number of ether oxygens (including phenoxy) is 2. The normalized spacial score (nSPS) is 15.1. The number of carbonyl (C=O) groups is 1. The number of pyridine rings is 1. The molecule has 1 atom stereocenters. The number of aromatic nitrogens is 1. The Labute approximate surface area is 229 Å². The van der Waals surface area contributed by atoms with Crippen LogP contribution in [-0.4, -0.2) is 37.4 Å². The van der Waals surface area contributed by atoms with Crippen molar-refractivity contribution in [1.29, 1.82) is 0 Å². The van der Waals surface area contributed by atoms with Crippen molar-refractivity contribution in [2.75, 3.05) is 16.2 Å². The summed E-state index contributed by atoms with van der Waals surface area (Å²) in [5, 5.41) is 13.6. The van der Waals surface area contributed by atoms with Gasteiger partial charge in [0, 0.05) is 5.56 Å². The molecule has 0 radical (unpaired) electrons. The summed E-state index contributed by atoms with van der Waals surface area (Å²) in [5.74, 6) is -2.04. The van der Waals surface area contributed by atoms with Crippen molar-refractivity contribution in [2.45, 2.75) is 43.4 Å². The Balaban J connectivity index is 1.87. The number of fused-ring (bicyclic) bond motifs is 2. The lowest BCUT2D eigenvalue weighted by Gasteiger charge is -2.27. The van der Waals surface area contributed by atoms with E-state index in [1.165, 1.54) is 19.1 Å². The second-order valence-corrected chi connectivity index (χ2v) is 10.7. The third kappa shape index (κ3) is 6.17. The number of hydrogen-bond acceptors (Lipinski definition) is 8. The molecule has 0 saturated heterocycles. The number of anilines is 3. The first-order valence-electron chi connectivity index (χ1n) is 11.7. The summed E-state index contributed by atoms with van der Waals surface area (Å²) < 4.78 is 115. The second kappa shape index (κ2) is 10.4. The van der Waals surface area contributed by atoms with Crippen molar-refractivity contribution in [3.63, 3.8) is 0 Å². The molecule has 4 rings (SSSR count). The number of carbonyl (C=O) groups excluding carboxylic acids is 1. The zero-order chi connectivity index (χ0) is 30.4. The molecule has 0 spiro atoms. The number of aliphatic hydroxyl groups is 1. The zero-order valence-electron chi connectivity index (χ0n) is 21.2. The van der Waals surface area contributed by atoms with Gasteiger partial charge in [-0.25, -0.2) is 18.2 Å². The minimum atomic E-state index is -5.02. The molecule has 2 heterocycles. The molecule has 9 nitrogen and oxygen atoms in total. The van der Waals surface area contributed by atoms with Gasteiger partial charge in [0.15, 0.2) is 5.60 Å². The predicted molar refractivity (Wildman–Crippen MR) is 132 cm³/mol. The number of nitrogens with one attached hydrogen (secondary N) is 1. The topological polar surface area (TPSA) is 118 Å². The van der Waals surface area contributed by atoms with Crippen molar-refractivity contribution in [2.24, 2.45) is 0 Å². The lowest BCUT2D eigenvalue weighted by molar-refractivity contribution is -0.274. The molecule has 2 N–H and O–H groups in total. The Kier molecular flexibility index (Phi) is 7.60. The summed E-state index contributed by atoms with van der Waals surface area (Å²) in [6, 6.07) is 8.60. The molecule has 1 unspecified atom stereocenters. The molecule has 2 aromatic carbocycles. The number of alkyl halides is 6. The van der Waals surface area contributed by atoms with Gasteiger partial charge in [-0.05, 0) is 61.9 Å². The highest BCUT2D eigenvalue weighted by atomic mass is 32.2. The number of esters is 1. The van der Waals surface area contributed by atoms with Gasteiger partial charge in [-0.3, -0.25) is 4.31 Å². The van der Waals surface area contributed by atoms with Crippen LogP contribution in [0.3, 0.4) is 0 Å². The third-order valence-electron chi connectivity index (χ3n) is 5.98. The number of sulfonamides is 1. The number of benzene rings is 2. The molecule has 0 saturated carbocycles. The Morgan fingerprint density at radius 1 is 1.05 bits per heavy atom. The van der Waals surface area contributed by atoms with E-state index in [2.05, 4.69) is 15.0 Å². The van der Waals surface area contributed by atoms with Gasteiger partial charge >= 0.3 is 18.5 Å². The van der Waals surface area contributed by atoms with E-state index in [1.54, 1.807) is 0 Å². The maximum Gasteiger partial charge on any atom is 0.573 e. The average Bonchev–Trinajstić information content (AvgIpc) is 3.04. The first kappa shape index (κ1) is 29.9. The fraction of sp³-hybridized carbons (Fsp3) is 0.280. The van der Waals surface area contributed by atoms with Crippen molar-refractivity contribution in [3.8, 4) is 5.75 Å². The summed E-state index contributed by atoms with van der Waals surface area (Å²) in [6.07, 6.45) is -9.83. The van der Waals surface area contributed by atoms with Gasteiger partial charge in [-0.2, -0.15) is 13.2 Å². The van der Waals surface area contributed by atoms with E-state index >= 15 is 0 Å². The first-order valence-corrected chi connectivity index (χ1v) is 13.1. The van der Waals surface area contributed by atoms with Gasteiger partial charge < -0.3 is 19.9 Å². The third-order valence-corrected chi connectivity index (χ3v) is 7.76. The van der Waals surface area contributed by atoms with Gasteiger partial charge in [0.2, 0.25) is 0 Å². The van der Waals surface area contributed by atoms with Crippen LogP contribution in [-0.2, 0) is 37.9 Å². The van der Waals surface area contributed by atoms with Gasteiger partial charge in [-0.1, -0.05) is 12.1 Å². The first-order chi connectivity index (χ1) is 18.9. The van der Waals surface area contributed by atoms with Crippen molar-refractivity contribution in [1.82, 2.24) is 4.98 Å². The van der Waals surface area contributed by atoms with E-state index in [-0.39, 0.29) is 34.9 Å². The molecule has 1 aliphatic rings. The molecule has 220 valence electrons. The second-order valence-electron chi connectivity index (χ2n) is 8.88. The highest BCUT2D eigenvalue weighted by Crippen LogP contribution is 2.42. The Morgan fingerprint density at radius 3 is 2.29 bits per heavy atom. The van der Waals surface area contributed by atoms with Crippen LogP contribution in [0.15, 0.2) is 59.5 Å². The SMILES string of the molecule is CCOC(=O)C(C)(O)c1ccc2c(c1)N(S(=O)(=O)c1ccc(OC(F)(F)F)cc1)Cc1ccc(C(F)(F)F)nc1N2. The highest BCUT2D eigenvalue weighted by molar-refractivity contribution is 7.92. The van der Waals surface area contributed by atoms with Crippen LogP contribution < -0.4 is 14.4 Å². The number of hydrogen-bond donors (Lipinski definition) is 2. The van der Waals surface area contributed by atoms with E-state index in [9.17, 15) is 44.7 Å². The maximum atomic E-state index is 13.8. The Bertz CT molecular complexity index is 1570. The minimum absolute atomic E-state index is 0.0218. The summed E-state index contributed by atoms with van der Waals surface area (Å²) >= 11 is 0. The van der Waals surface area contributed by atoms with Crippen LogP contribution >= 0.6 is 0 Å². The average molecular weight is 606 g/mol. The Morgan fingerprint density at radius 2 is 1.71 bits per heavy atom. The standard InChI is InChI=1S/C25H21F6N3O6S/c1-3-39-22(35)23(2,36)15-5-10-18-19(12-15)34(13-14-4-11-20(24(26,27)28)33-21(14)32-18)41(37,38)17-8-6-16(7-9-17)40-25(29,30)31/h4-12,36H,3,13H2,1-2H3,(H,32,33). The van der Waals surface area contributed by atoms with Gasteiger partial charge in [0.05, 0.1) is 29.4 Å². The van der Waals surface area contributed by atoms with Crippen LogP contribution in [0.4, 0.5) is 43.5 Å².